The summed E-state index contributed by atoms with van der Waals surface area (Å²) in [6.45, 7) is 14.5. The number of nitrogens with zero attached hydrogens (tertiary/aromatic N) is 2. The van der Waals surface area contributed by atoms with Gasteiger partial charge in [0.1, 0.15) is 0 Å². The monoisotopic (exact) mass is 357 g/mol. The maximum Gasteiger partial charge on any atom is 0.0766 e. The van der Waals surface area contributed by atoms with Crippen molar-refractivity contribution in [3.8, 4) is 0 Å². The number of halogens is 1. The molecule has 0 radical (unpaired) electrons. The summed E-state index contributed by atoms with van der Waals surface area (Å²) in [6.07, 6.45) is 3.29. The van der Waals surface area contributed by atoms with E-state index in [2.05, 4.69) is 74.9 Å². The van der Waals surface area contributed by atoms with Gasteiger partial charge in [-0.05, 0) is 74.3 Å². The van der Waals surface area contributed by atoms with Crippen LogP contribution in [0.3, 0.4) is 0 Å². The summed E-state index contributed by atoms with van der Waals surface area (Å²) in [5.74, 6) is 1.36. The van der Waals surface area contributed by atoms with Gasteiger partial charge in [0.05, 0.1) is 15.9 Å². The second-order valence-electron chi connectivity index (χ2n) is 7.52. The Labute approximate surface area is 139 Å². The molecular weight excluding hydrogens is 326 g/mol. The molecule has 0 saturated carbocycles. The molecule has 1 N–H and O–H groups in total. The van der Waals surface area contributed by atoms with E-state index in [0.29, 0.717) is 5.92 Å². The van der Waals surface area contributed by atoms with Gasteiger partial charge < -0.3 is 5.32 Å². The highest BCUT2D eigenvalue weighted by Crippen LogP contribution is 2.26. The molecule has 0 bridgehead atoms. The Balaban J connectivity index is 2.83. The van der Waals surface area contributed by atoms with Crippen LogP contribution in [0.15, 0.2) is 4.47 Å². The maximum absolute atomic E-state index is 4.62. The van der Waals surface area contributed by atoms with E-state index in [1.54, 1.807) is 0 Å². The van der Waals surface area contributed by atoms with Gasteiger partial charge in [0.25, 0.3) is 0 Å². The highest BCUT2D eigenvalue weighted by atomic mass is 79.9. The third kappa shape index (κ3) is 6.11. The van der Waals surface area contributed by atoms with Crippen molar-refractivity contribution >= 4 is 15.9 Å². The van der Waals surface area contributed by atoms with Crippen LogP contribution < -0.4 is 5.32 Å². The highest BCUT2D eigenvalue weighted by molar-refractivity contribution is 9.10. The Morgan fingerprint density at radius 3 is 2.33 bits per heavy atom. The predicted molar refractivity (Wildman–Crippen MR) is 94.7 cm³/mol. The van der Waals surface area contributed by atoms with Gasteiger partial charge in [-0.2, -0.15) is 5.10 Å². The van der Waals surface area contributed by atoms with Crippen LogP contribution in [-0.4, -0.2) is 21.9 Å². The standard InChI is InChI=1S/C17H32BrN3/c1-8-14-16(18)15(21(7)20-14)10-13(9-12(2)3)11-19-17(4,5)6/h12-13,19H,8-11H2,1-7H3. The minimum Gasteiger partial charge on any atom is -0.312 e. The smallest absolute Gasteiger partial charge is 0.0766 e. The molecule has 3 nitrogen and oxygen atoms in total. The Morgan fingerprint density at radius 2 is 1.90 bits per heavy atom. The summed E-state index contributed by atoms with van der Waals surface area (Å²) < 4.78 is 3.25. The van der Waals surface area contributed by atoms with E-state index < -0.39 is 0 Å². The summed E-state index contributed by atoms with van der Waals surface area (Å²) in [6, 6.07) is 0. The largest absolute Gasteiger partial charge is 0.312 e. The number of hydrogen-bond acceptors (Lipinski definition) is 2. The van der Waals surface area contributed by atoms with Crippen molar-refractivity contribution in [3.63, 3.8) is 0 Å². The van der Waals surface area contributed by atoms with Gasteiger partial charge in [0.15, 0.2) is 0 Å². The van der Waals surface area contributed by atoms with Crippen LogP contribution in [0, 0.1) is 11.8 Å². The molecule has 0 aromatic carbocycles. The molecule has 0 aliphatic carbocycles. The molecule has 0 saturated heterocycles. The molecule has 1 aromatic heterocycles. The van der Waals surface area contributed by atoms with Crippen LogP contribution in [0.1, 0.15) is 59.4 Å². The van der Waals surface area contributed by atoms with E-state index in [-0.39, 0.29) is 5.54 Å². The third-order valence-corrected chi connectivity index (χ3v) is 4.63. The van der Waals surface area contributed by atoms with Gasteiger partial charge >= 0.3 is 0 Å². The van der Waals surface area contributed by atoms with Crippen molar-refractivity contribution in [2.24, 2.45) is 18.9 Å². The van der Waals surface area contributed by atoms with E-state index in [9.17, 15) is 0 Å². The lowest BCUT2D eigenvalue weighted by atomic mass is 9.91. The minimum absolute atomic E-state index is 0.174. The van der Waals surface area contributed by atoms with E-state index in [1.807, 2.05) is 4.68 Å². The second kappa shape index (κ2) is 7.77. The second-order valence-corrected chi connectivity index (χ2v) is 8.31. The topological polar surface area (TPSA) is 29.9 Å². The van der Waals surface area contributed by atoms with Crippen LogP contribution in [0.5, 0.6) is 0 Å². The Bertz CT molecular complexity index is 444. The zero-order chi connectivity index (χ0) is 16.2. The van der Waals surface area contributed by atoms with E-state index in [0.717, 1.165) is 25.3 Å². The van der Waals surface area contributed by atoms with Gasteiger partial charge in [0.2, 0.25) is 0 Å². The van der Waals surface area contributed by atoms with Crippen LogP contribution in [0.25, 0.3) is 0 Å². The van der Waals surface area contributed by atoms with Crippen molar-refractivity contribution in [3.05, 3.63) is 15.9 Å². The van der Waals surface area contributed by atoms with Crippen molar-refractivity contribution in [2.45, 2.75) is 66.3 Å². The molecule has 1 atom stereocenters. The average molecular weight is 358 g/mol. The molecule has 122 valence electrons. The molecule has 1 heterocycles. The summed E-state index contributed by atoms with van der Waals surface area (Å²) in [5, 5.41) is 8.28. The summed E-state index contributed by atoms with van der Waals surface area (Å²) in [7, 11) is 2.06. The number of aromatic nitrogens is 2. The highest BCUT2D eigenvalue weighted by Gasteiger charge is 2.20. The van der Waals surface area contributed by atoms with Gasteiger partial charge in [-0.3, -0.25) is 4.68 Å². The molecule has 0 amide bonds. The van der Waals surface area contributed by atoms with Crippen LogP contribution in [-0.2, 0) is 19.9 Å². The number of hydrogen-bond donors (Lipinski definition) is 1. The zero-order valence-electron chi connectivity index (χ0n) is 14.8. The van der Waals surface area contributed by atoms with Crippen LogP contribution in [0.2, 0.25) is 0 Å². The lowest BCUT2D eigenvalue weighted by Gasteiger charge is -2.26. The van der Waals surface area contributed by atoms with Gasteiger partial charge in [0, 0.05) is 12.6 Å². The predicted octanol–water partition coefficient (Wildman–Crippen LogP) is 4.34. The number of rotatable bonds is 7. The molecule has 4 heteroatoms. The van der Waals surface area contributed by atoms with Crippen molar-refractivity contribution in [1.82, 2.24) is 15.1 Å². The first-order valence-corrected chi connectivity index (χ1v) is 8.88. The quantitative estimate of drug-likeness (QED) is 0.786. The number of aryl methyl sites for hydroxylation is 2. The summed E-state index contributed by atoms with van der Waals surface area (Å²) in [5.41, 5.74) is 2.67. The summed E-state index contributed by atoms with van der Waals surface area (Å²) >= 11 is 3.74. The minimum atomic E-state index is 0.174. The van der Waals surface area contributed by atoms with Crippen LogP contribution >= 0.6 is 15.9 Å². The Kier molecular flexibility index (Phi) is 6.92. The first kappa shape index (κ1) is 18.7. The SMILES string of the molecule is CCc1nn(C)c(CC(CNC(C)(C)C)CC(C)C)c1Br. The molecule has 1 rings (SSSR count). The first-order chi connectivity index (χ1) is 9.64. The van der Waals surface area contributed by atoms with Crippen molar-refractivity contribution in [1.29, 1.82) is 0 Å². The fourth-order valence-electron chi connectivity index (χ4n) is 2.67. The Morgan fingerprint density at radius 1 is 1.29 bits per heavy atom. The van der Waals surface area contributed by atoms with Gasteiger partial charge in [-0.25, -0.2) is 0 Å². The first-order valence-electron chi connectivity index (χ1n) is 8.09. The Hall–Kier alpha value is -0.350. The maximum atomic E-state index is 4.62. The average Bonchev–Trinajstić information content (AvgIpc) is 2.61. The van der Waals surface area contributed by atoms with Crippen molar-refractivity contribution in [2.75, 3.05) is 6.54 Å². The molecule has 0 spiro atoms. The molecule has 21 heavy (non-hydrogen) atoms. The van der Waals surface area contributed by atoms with Gasteiger partial charge in [-0.1, -0.05) is 20.8 Å². The molecule has 0 fully saturated rings. The van der Waals surface area contributed by atoms with E-state index in [4.69, 9.17) is 0 Å². The summed E-state index contributed by atoms with van der Waals surface area (Å²) in [4.78, 5) is 0. The van der Waals surface area contributed by atoms with Crippen LogP contribution in [0.4, 0.5) is 0 Å². The fraction of sp³-hybridized carbons (Fsp3) is 0.824. The fourth-order valence-corrected chi connectivity index (χ4v) is 3.45. The van der Waals surface area contributed by atoms with Crippen molar-refractivity contribution < 1.29 is 0 Å². The molecular formula is C17H32BrN3. The lowest BCUT2D eigenvalue weighted by Crippen LogP contribution is -2.40. The normalized spacial score (nSPS) is 14.0. The van der Waals surface area contributed by atoms with E-state index >= 15 is 0 Å². The molecule has 1 unspecified atom stereocenters. The molecule has 0 aliphatic heterocycles. The molecule has 1 aromatic rings. The number of nitrogens with one attached hydrogen (secondary N) is 1. The van der Waals surface area contributed by atoms with Gasteiger partial charge in [-0.15, -0.1) is 0 Å². The third-order valence-electron chi connectivity index (χ3n) is 3.71. The van der Waals surface area contributed by atoms with E-state index in [1.165, 1.54) is 22.3 Å². The lowest BCUT2D eigenvalue weighted by molar-refractivity contribution is 0.327. The zero-order valence-corrected chi connectivity index (χ0v) is 16.3. The molecule has 0 aliphatic rings.